The van der Waals surface area contributed by atoms with Crippen molar-refractivity contribution in [3.8, 4) is 16.9 Å². The number of anilines is 1. The number of rotatable bonds is 6. The van der Waals surface area contributed by atoms with E-state index >= 15 is 0 Å². The van der Waals surface area contributed by atoms with Crippen molar-refractivity contribution in [1.29, 1.82) is 0 Å². The highest BCUT2D eigenvalue weighted by Crippen LogP contribution is 2.33. The van der Waals surface area contributed by atoms with Gasteiger partial charge in [-0.25, -0.2) is 0 Å². The van der Waals surface area contributed by atoms with Crippen molar-refractivity contribution in [3.63, 3.8) is 0 Å². The van der Waals surface area contributed by atoms with Crippen LogP contribution >= 0.6 is 0 Å². The van der Waals surface area contributed by atoms with Crippen LogP contribution < -0.4 is 10.6 Å². The summed E-state index contributed by atoms with van der Waals surface area (Å²) >= 11 is 0. The van der Waals surface area contributed by atoms with Gasteiger partial charge in [0.15, 0.2) is 0 Å². The van der Waals surface area contributed by atoms with Gasteiger partial charge in [0, 0.05) is 50.3 Å². The monoisotopic (exact) mass is 519 g/mol. The summed E-state index contributed by atoms with van der Waals surface area (Å²) in [5.74, 6) is -0.526. The van der Waals surface area contributed by atoms with Crippen molar-refractivity contribution in [2.45, 2.75) is 19.6 Å². The molecule has 9 heteroatoms. The fourth-order valence-corrected chi connectivity index (χ4v) is 5.01. The second-order valence-electron chi connectivity index (χ2n) is 9.41. The number of nitrogens with zero attached hydrogens (tertiary/aromatic N) is 4. The summed E-state index contributed by atoms with van der Waals surface area (Å²) in [6, 6.07) is 19.2. The molecule has 2 aromatic heterocycles. The molecule has 0 unspecified atom stereocenters. The molecule has 1 fully saturated rings. The van der Waals surface area contributed by atoms with Crippen LogP contribution in [0.3, 0.4) is 0 Å². The second-order valence-corrected chi connectivity index (χ2v) is 9.41. The molecule has 1 saturated heterocycles. The molecule has 1 aliphatic rings. The number of pyridine rings is 1. The lowest BCUT2D eigenvalue weighted by molar-refractivity contribution is -0.137. The Balaban J connectivity index is 1.41. The maximum atomic E-state index is 13.2. The Morgan fingerprint density at radius 2 is 1.71 bits per heavy atom. The fourth-order valence-electron chi connectivity index (χ4n) is 5.01. The first-order chi connectivity index (χ1) is 18.2. The van der Waals surface area contributed by atoms with Crippen molar-refractivity contribution in [3.05, 3.63) is 102 Å². The predicted octanol–water partition coefficient (Wildman–Crippen LogP) is 5.29. The summed E-state index contributed by atoms with van der Waals surface area (Å²) in [4.78, 5) is 20.7. The Labute approximate surface area is 219 Å². The van der Waals surface area contributed by atoms with Gasteiger partial charge in [-0.05, 0) is 48.4 Å². The van der Waals surface area contributed by atoms with Crippen LogP contribution in [-0.4, -0.2) is 46.5 Å². The van der Waals surface area contributed by atoms with Gasteiger partial charge in [0.1, 0.15) is 0 Å². The third-order valence-electron chi connectivity index (χ3n) is 7.03. The number of hydrogen-bond donors (Lipinski definition) is 1. The first-order valence-electron chi connectivity index (χ1n) is 12.4. The zero-order valence-electron chi connectivity index (χ0n) is 20.9. The first kappa shape index (κ1) is 25.5. The van der Waals surface area contributed by atoms with Crippen LogP contribution in [0.4, 0.5) is 18.9 Å². The van der Waals surface area contributed by atoms with E-state index in [-0.39, 0.29) is 0 Å². The van der Waals surface area contributed by atoms with Crippen LogP contribution in [0.5, 0.6) is 0 Å². The minimum Gasteiger partial charge on any atom is -0.369 e. The lowest BCUT2D eigenvalue weighted by Crippen LogP contribution is -2.46. The number of alkyl halides is 3. The van der Waals surface area contributed by atoms with E-state index in [2.05, 4.69) is 16.0 Å². The fraction of sp³-hybridized carbons (Fsp3) is 0.241. The summed E-state index contributed by atoms with van der Waals surface area (Å²) in [6.45, 7) is 5.35. The quantitative estimate of drug-likeness (QED) is 0.376. The highest BCUT2D eigenvalue weighted by molar-refractivity contribution is 5.96. The molecule has 4 aromatic rings. The summed E-state index contributed by atoms with van der Waals surface area (Å²) < 4.78 is 41.5. The van der Waals surface area contributed by atoms with Crippen molar-refractivity contribution < 1.29 is 18.0 Å². The van der Waals surface area contributed by atoms with Gasteiger partial charge in [0.05, 0.1) is 28.7 Å². The molecule has 0 bridgehead atoms. The molecule has 196 valence electrons. The molecule has 0 saturated carbocycles. The Kier molecular flexibility index (Phi) is 6.94. The number of benzene rings is 2. The smallest absolute Gasteiger partial charge is 0.369 e. The summed E-state index contributed by atoms with van der Waals surface area (Å²) in [6.07, 6.45) is -1.16. The number of piperazine rings is 1. The molecule has 1 aliphatic heterocycles. The van der Waals surface area contributed by atoms with Crippen LogP contribution in [0.15, 0.2) is 79.1 Å². The maximum absolute atomic E-state index is 13.2. The van der Waals surface area contributed by atoms with E-state index in [0.29, 0.717) is 49.7 Å². The normalized spacial score (nSPS) is 14.6. The van der Waals surface area contributed by atoms with Crippen molar-refractivity contribution in [1.82, 2.24) is 14.5 Å². The van der Waals surface area contributed by atoms with E-state index < -0.39 is 17.6 Å². The second kappa shape index (κ2) is 10.3. The number of carbonyl (C=O) groups is 1. The number of aromatic nitrogens is 2. The molecular weight excluding hydrogens is 491 g/mol. The Morgan fingerprint density at radius 3 is 2.39 bits per heavy atom. The van der Waals surface area contributed by atoms with Gasteiger partial charge in [-0.2, -0.15) is 13.2 Å². The Morgan fingerprint density at radius 1 is 0.974 bits per heavy atom. The largest absolute Gasteiger partial charge is 0.416 e. The summed E-state index contributed by atoms with van der Waals surface area (Å²) in [5.41, 5.74) is 10.6. The van der Waals surface area contributed by atoms with Gasteiger partial charge in [0.25, 0.3) is 5.91 Å². The highest BCUT2D eigenvalue weighted by atomic mass is 19.4. The predicted molar refractivity (Wildman–Crippen MR) is 141 cm³/mol. The van der Waals surface area contributed by atoms with Crippen LogP contribution in [-0.2, 0) is 12.7 Å². The van der Waals surface area contributed by atoms with E-state index in [1.165, 1.54) is 12.1 Å². The van der Waals surface area contributed by atoms with Gasteiger partial charge >= 0.3 is 6.18 Å². The van der Waals surface area contributed by atoms with Crippen LogP contribution in [0, 0.1) is 6.92 Å². The first-order valence-corrected chi connectivity index (χ1v) is 12.4. The summed E-state index contributed by atoms with van der Waals surface area (Å²) in [7, 11) is 0. The van der Waals surface area contributed by atoms with Crippen molar-refractivity contribution >= 4 is 11.6 Å². The van der Waals surface area contributed by atoms with Crippen LogP contribution in [0.2, 0.25) is 0 Å². The van der Waals surface area contributed by atoms with Gasteiger partial charge in [0.2, 0.25) is 0 Å². The molecule has 0 aliphatic carbocycles. The maximum Gasteiger partial charge on any atom is 0.416 e. The topological polar surface area (TPSA) is 67.4 Å². The van der Waals surface area contributed by atoms with Gasteiger partial charge in [-0.3, -0.25) is 14.7 Å². The minimum atomic E-state index is -4.36. The molecule has 5 rings (SSSR count). The Hall–Kier alpha value is -4.11. The van der Waals surface area contributed by atoms with Gasteiger partial charge in [-0.15, -0.1) is 0 Å². The molecule has 38 heavy (non-hydrogen) atoms. The molecule has 2 N–H and O–H groups in total. The summed E-state index contributed by atoms with van der Waals surface area (Å²) in [5, 5.41) is 0. The highest BCUT2D eigenvalue weighted by Gasteiger charge is 2.31. The number of primary amides is 1. The van der Waals surface area contributed by atoms with E-state index in [1.807, 2.05) is 46.7 Å². The number of halogens is 3. The Bertz CT molecular complexity index is 1440. The lowest BCUT2D eigenvalue weighted by atomic mass is 10.1. The van der Waals surface area contributed by atoms with Crippen molar-refractivity contribution in [2.24, 2.45) is 5.73 Å². The van der Waals surface area contributed by atoms with Crippen LogP contribution in [0.1, 0.15) is 27.2 Å². The average molecular weight is 520 g/mol. The third kappa shape index (κ3) is 5.15. The lowest BCUT2D eigenvalue weighted by Gasteiger charge is -2.36. The number of amides is 1. The molecular formula is C29H28F3N5O. The van der Waals surface area contributed by atoms with E-state index in [0.717, 1.165) is 28.6 Å². The van der Waals surface area contributed by atoms with Gasteiger partial charge < -0.3 is 15.2 Å². The molecule has 0 radical (unpaired) electrons. The van der Waals surface area contributed by atoms with Crippen molar-refractivity contribution in [2.75, 3.05) is 31.1 Å². The molecule has 1 amide bonds. The molecule has 3 heterocycles. The number of carbonyl (C=O) groups excluding carboxylic acids is 1. The zero-order chi connectivity index (χ0) is 26.9. The zero-order valence-corrected chi connectivity index (χ0v) is 20.9. The van der Waals surface area contributed by atoms with E-state index in [1.54, 1.807) is 24.5 Å². The van der Waals surface area contributed by atoms with Crippen LogP contribution in [0.25, 0.3) is 16.9 Å². The SMILES string of the molecule is Cc1c(CN2CCN(c3cccc(C(F)(F)F)c3)CC2)cc(-c2ccccc2)n1-c1cnccc1C(N)=O. The van der Waals surface area contributed by atoms with E-state index in [4.69, 9.17) is 5.73 Å². The minimum absolute atomic E-state index is 0.386. The van der Waals surface area contributed by atoms with Gasteiger partial charge in [-0.1, -0.05) is 36.4 Å². The third-order valence-corrected chi connectivity index (χ3v) is 7.03. The molecule has 6 nitrogen and oxygen atoms in total. The molecule has 0 spiro atoms. The number of hydrogen-bond acceptors (Lipinski definition) is 4. The molecule has 2 aromatic carbocycles. The van der Waals surface area contributed by atoms with E-state index in [9.17, 15) is 18.0 Å². The standard InChI is InChI=1S/C29H28F3N5O/c1-20-22(19-35-12-14-36(15-13-35)24-9-5-8-23(17-24)29(30,31)32)16-26(21-6-3-2-4-7-21)37(20)27-18-34-11-10-25(27)28(33)38/h2-11,16-18H,12-15,19H2,1H3,(H2,33,38). The number of nitrogens with two attached hydrogens (primary N) is 1. The average Bonchev–Trinajstić information content (AvgIpc) is 3.24. The molecule has 0 atom stereocenters.